The molecule has 1 spiro atoms. The van der Waals surface area contributed by atoms with Crippen molar-refractivity contribution in [1.82, 2.24) is 21.0 Å². The Kier molecular flexibility index (Phi) is 13.5. The Hall–Kier alpha value is -4.47. The fraction of sp³-hybridized carbons (Fsp3) is 0.525. The maximum atomic E-state index is 14.7. The predicted molar refractivity (Wildman–Crippen MR) is 214 cm³/mol. The molecule has 1 saturated heterocycles. The van der Waals surface area contributed by atoms with Gasteiger partial charge < -0.3 is 20.9 Å². The summed E-state index contributed by atoms with van der Waals surface area (Å²) in [6, 6.07) is 9.62. The molecule has 14 nitrogen and oxygen atoms in total. The molecule has 1 aliphatic carbocycles. The standard InChI is InChI=1S/C40H53ClN6O8S/c1-6-12-30(34(49)37(51)42-28-17-11-18-29(21-28)46-56(5,53)54)43-36(50)32-23-40(22-31(45-55-40)26-15-10-16-27(41)20-26)24-47(32)38(52)35(39(2,3)4)44-33(48)19-25-13-8-7-9-14-25/h10-11,15-18,20-22,25,30,32,35,45-46H,6-9,12-14,19,23-24H2,1-5H3,(H,42,51)(H,43,50)(H,44,48)/t30-,32-,35+,40+/m0/s1. The minimum atomic E-state index is -3.59. The van der Waals surface area contributed by atoms with Crippen molar-refractivity contribution >= 4 is 68.1 Å². The van der Waals surface area contributed by atoms with E-state index >= 15 is 0 Å². The summed E-state index contributed by atoms with van der Waals surface area (Å²) in [4.78, 5) is 76.8. The summed E-state index contributed by atoms with van der Waals surface area (Å²) in [6.45, 7) is 7.31. The molecular formula is C40H53ClN6O8S. The van der Waals surface area contributed by atoms with E-state index < -0.39 is 62.7 Å². The highest BCUT2D eigenvalue weighted by molar-refractivity contribution is 7.92. The largest absolute Gasteiger partial charge is 0.344 e. The molecule has 5 rings (SSSR count). The van der Waals surface area contributed by atoms with Gasteiger partial charge in [-0.2, -0.15) is 0 Å². The average molecular weight is 813 g/mol. The molecule has 56 heavy (non-hydrogen) atoms. The third-order valence-electron chi connectivity index (χ3n) is 10.3. The topological polar surface area (TPSA) is 192 Å². The van der Waals surface area contributed by atoms with Crippen molar-refractivity contribution in [3.05, 3.63) is 65.2 Å². The van der Waals surface area contributed by atoms with E-state index in [4.69, 9.17) is 16.4 Å². The maximum Gasteiger partial charge on any atom is 0.293 e. The van der Waals surface area contributed by atoms with E-state index in [1.165, 1.54) is 29.2 Å². The van der Waals surface area contributed by atoms with Gasteiger partial charge in [0.2, 0.25) is 33.5 Å². The second-order valence-corrected chi connectivity index (χ2v) is 18.4. The quantitative estimate of drug-likeness (QED) is 0.165. The van der Waals surface area contributed by atoms with Crippen molar-refractivity contribution in [3.63, 3.8) is 0 Å². The van der Waals surface area contributed by atoms with Gasteiger partial charge in [-0.15, -0.1) is 0 Å². The normalized spacial score (nSPS) is 21.1. The molecule has 304 valence electrons. The summed E-state index contributed by atoms with van der Waals surface area (Å²) in [6.07, 6.45) is 8.91. The molecule has 2 aromatic carbocycles. The summed E-state index contributed by atoms with van der Waals surface area (Å²) in [5, 5.41) is 8.75. The molecule has 0 unspecified atom stereocenters. The molecule has 4 atom stereocenters. The number of carbonyl (C=O) groups excluding carboxylic acids is 5. The van der Waals surface area contributed by atoms with Crippen LogP contribution >= 0.6 is 11.6 Å². The number of Topliss-reactive ketones (excluding diaryl/α,β-unsaturated/α-hetero) is 1. The fourth-order valence-electron chi connectivity index (χ4n) is 7.56. The number of hydroxylamine groups is 1. The van der Waals surface area contributed by atoms with E-state index in [-0.39, 0.29) is 42.6 Å². The van der Waals surface area contributed by atoms with E-state index in [1.54, 1.807) is 25.1 Å². The van der Waals surface area contributed by atoms with E-state index in [1.807, 2.05) is 32.9 Å². The molecule has 0 bridgehead atoms. The van der Waals surface area contributed by atoms with Crippen LogP contribution in [0.5, 0.6) is 0 Å². The number of amides is 4. The van der Waals surface area contributed by atoms with E-state index in [0.717, 1.165) is 43.9 Å². The third kappa shape index (κ3) is 11.1. The van der Waals surface area contributed by atoms with Crippen molar-refractivity contribution in [2.24, 2.45) is 11.3 Å². The van der Waals surface area contributed by atoms with Crippen LogP contribution in [0.15, 0.2) is 54.6 Å². The monoisotopic (exact) mass is 812 g/mol. The molecule has 2 aliphatic heterocycles. The second-order valence-electron chi connectivity index (χ2n) is 16.2. The van der Waals surface area contributed by atoms with Gasteiger partial charge in [-0.05, 0) is 67.0 Å². The Morgan fingerprint density at radius 2 is 1.70 bits per heavy atom. The first-order valence-electron chi connectivity index (χ1n) is 19.1. The van der Waals surface area contributed by atoms with Gasteiger partial charge in [0.05, 0.1) is 30.2 Å². The van der Waals surface area contributed by atoms with Crippen molar-refractivity contribution in [3.8, 4) is 0 Å². The lowest BCUT2D eigenvalue weighted by Crippen LogP contribution is -2.59. The van der Waals surface area contributed by atoms with Crippen molar-refractivity contribution in [2.75, 3.05) is 22.8 Å². The lowest BCUT2D eigenvalue weighted by molar-refractivity contribution is -0.145. The molecule has 16 heteroatoms. The van der Waals surface area contributed by atoms with Gasteiger partial charge in [0.25, 0.3) is 5.91 Å². The fourth-order valence-corrected chi connectivity index (χ4v) is 8.31. The lowest BCUT2D eigenvalue weighted by Gasteiger charge is -2.36. The van der Waals surface area contributed by atoms with E-state index in [0.29, 0.717) is 23.6 Å². The van der Waals surface area contributed by atoms with Crippen molar-refractivity contribution < 1.29 is 37.2 Å². The Morgan fingerprint density at radius 1 is 1.00 bits per heavy atom. The molecule has 5 N–H and O–H groups in total. The number of hydrogen-bond acceptors (Lipinski definition) is 9. The molecule has 0 radical (unpaired) electrons. The van der Waals surface area contributed by atoms with E-state index in [9.17, 15) is 32.4 Å². The molecule has 4 amide bonds. The first-order chi connectivity index (χ1) is 26.4. The highest BCUT2D eigenvalue weighted by Gasteiger charge is 2.54. The number of hydrogen-bond donors (Lipinski definition) is 5. The average Bonchev–Trinajstić information content (AvgIpc) is 3.72. The van der Waals surface area contributed by atoms with Gasteiger partial charge in [0.15, 0.2) is 0 Å². The number of ketones is 1. The number of nitrogens with one attached hydrogen (secondary N) is 5. The summed E-state index contributed by atoms with van der Waals surface area (Å²) >= 11 is 6.26. The SMILES string of the molecule is CCC[C@H](NC(=O)[C@@H]1C[C@]2(C=C(c3cccc(Cl)c3)NO2)CN1C(=O)[C@@H](NC(=O)CC1CCCCC1)C(C)(C)C)C(=O)C(=O)Nc1cccc(NS(C)(=O)=O)c1. The zero-order chi connectivity index (χ0) is 40.8. The number of halogens is 1. The van der Waals surface area contributed by atoms with Gasteiger partial charge in [0, 0.05) is 29.1 Å². The number of carbonyl (C=O) groups is 5. The van der Waals surface area contributed by atoms with Gasteiger partial charge in [0.1, 0.15) is 17.7 Å². The van der Waals surface area contributed by atoms with Gasteiger partial charge in [-0.3, -0.25) is 39.0 Å². The van der Waals surface area contributed by atoms with Crippen LogP contribution in [0.1, 0.15) is 91.0 Å². The summed E-state index contributed by atoms with van der Waals surface area (Å²) in [5.41, 5.74) is 2.73. The molecule has 3 aliphatic rings. The van der Waals surface area contributed by atoms with Crippen LogP contribution in [0.2, 0.25) is 5.02 Å². The third-order valence-corrected chi connectivity index (χ3v) is 11.2. The summed E-state index contributed by atoms with van der Waals surface area (Å²) in [5.74, 6) is -3.04. The molecule has 0 aromatic heterocycles. The lowest BCUT2D eigenvalue weighted by atomic mass is 9.84. The Balaban J connectivity index is 1.40. The number of nitrogens with zero attached hydrogens (tertiary/aromatic N) is 1. The second kappa shape index (κ2) is 17.8. The highest BCUT2D eigenvalue weighted by Crippen LogP contribution is 2.39. The van der Waals surface area contributed by atoms with Crippen LogP contribution in [-0.2, 0) is 38.8 Å². The Labute approximate surface area is 333 Å². The maximum absolute atomic E-state index is 14.7. The van der Waals surface area contributed by atoms with Crippen LogP contribution in [0.4, 0.5) is 11.4 Å². The minimum Gasteiger partial charge on any atom is -0.344 e. The molecule has 1 saturated carbocycles. The van der Waals surface area contributed by atoms with E-state index in [2.05, 4.69) is 26.2 Å². The summed E-state index contributed by atoms with van der Waals surface area (Å²) in [7, 11) is -3.59. The number of anilines is 2. The highest BCUT2D eigenvalue weighted by atomic mass is 35.5. The van der Waals surface area contributed by atoms with Gasteiger partial charge in [-0.1, -0.05) is 83.2 Å². The zero-order valence-electron chi connectivity index (χ0n) is 32.6. The van der Waals surface area contributed by atoms with Crippen LogP contribution < -0.4 is 26.2 Å². The first-order valence-corrected chi connectivity index (χ1v) is 21.4. The van der Waals surface area contributed by atoms with Crippen molar-refractivity contribution in [2.45, 2.75) is 109 Å². The zero-order valence-corrected chi connectivity index (χ0v) is 34.1. The Morgan fingerprint density at radius 3 is 2.36 bits per heavy atom. The van der Waals surface area contributed by atoms with Gasteiger partial charge >= 0.3 is 0 Å². The number of rotatable bonds is 14. The molecule has 2 fully saturated rings. The number of sulfonamides is 1. The van der Waals surface area contributed by atoms with Crippen molar-refractivity contribution in [1.29, 1.82) is 0 Å². The van der Waals surface area contributed by atoms with Gasteiger partial charge in [-0.25, -0.2) is 8.42 Å². The summed E-state index contributed by atoms with van der Waals surface area (Å²) < 4.78 is 25.7. The minimum absolute atomic E-state index is 0.00782. The number of likely N-dealkylation sites (tertiary alicyclic amines) is 1. The smallest absolute Gasteiger partial charge is 0.293 e. The first kappa shape index (κ1) is 42.7. The molecule has 2 heterocycles. The van der Waals surface area contributed by atoms with Crippen LogP contribution in [0.25, 0.3) is 5.70 Å². The predicted octanol–water partition coefficient (Wildman–Crippen LogP) is 4.92. The van der Waals surface area contributed by atoms with Crippen LogP contribution in [0.3, 0.4) is 0 Å². The molecule has 2 aromatic rings. The molecular weight excluding hydrogens is 760 g/mol. The Bertz CT molecular complexity index is 1960. The van der Waals surface area contributed by atoms with Crippen LogP contribution in [-0.4, -0.2) is 79.3 Å². The van der Waals surface area contributed by atoms with Crippen LogP contribution in [0, 0.1) is 11.3 Å². The number of benzene rings is 2.